The monoisotopic (exact) mass is 220 g/mol. The topological polar surface area (TPSA) is 43.4 Å². The van der Waals surface area contributed by atoms with Gasteiger partial charge in [-0.2, -0.15) is 0 Å². The van der Waals surface area contributed by atoms with E-state index >= 15 is 0 Å². The van der Waals surface area contributed by atoms with E-state index < -0.39 is 17.4 Å². The Balaban J connectivity index is 2.63. The van der Waals surface area contributed by atoms with Gasteiger partial charge in [-0.05, 0) is 13.0 Å². The fourth-order valence-electron chi connectivity index (χ4n) is 1.62. The van der Waals surface area contributed by atoms with Crippen molar-refractivity contribution in [3.63, 3.8) is 0 Å². The van der Waals surface area contributed by atoms with E-state index in [1.807, 2.05) is 0 Å². The number of ether oxygens (including phenoxy) is 1. The maximum absolute atomic E-state index is 13.2. The Bertz CT molecular complexity index is 503. The number of Topliss-reactive ketones (excluding diaryl/α,β-unsaturated/α-hetero) is 1. The molecule has 0 heterocycles. The van der Waals surface area contributed by atoms with Crippen LogP contribution in [0.15, 0.2) is 30.1 Å². The van der Waals surface area contributed by atoms with E-state index in [0.29, 0.717) is 12.7 Å². The summed E-state index contributed by atoms with van der Waals surface area (Å²) in [5.74, 6) is -2.08. The van der Waals surface area contributed by atoms with Gasteiger partial charge in [0, 0.05) is 11.6 Å². The van der Waals surface area contributed by atoms with Gasteiger partial charge in [0.2, 0.25) is 5.78 Å². The number of carbonyl (C=O) groups excluding carboxylic acids is 2. The molecule has 0 spiro atoms. The van der Waals surface area contributed by atoms with Crippen LogP contribution in [-0.2, 0) is 0 Å². The summed E-state index contributed by atoms with van der Waals surface area (Å²) in [4.78, 5) is 23.1. The van der Waals surface area contributed by atoms with Gasteiger partial charge in [-0.1, -0.05) is 12.1 Å². The number of hydrogen-bond donors (Lipinski definition) is 0. The van der Waals surface area contributed by atoms with Gasteiger partial charge in [0.1, 0.15) is 5.75 Å². The number of hydrogen-bond acceptors (Lipinski definition) is 3. The zero-order valence-corrected chi connectivity index (χ0v) is 8.62. The lowest BCUT2D eigenvalue weighted by Crippen LogP contribution is -2.16. The highest BCUT2D eigenvalue weighted by Crippen LogP contribution is 2.29. The SMILES string of the molecule is CCOc1cccc2c1C(=O)C(F)=CC2=O. The molecule has 1 aliphatic carbocycles. The van der Waals surface area contributed by atoms with E-state index in [2.05, 4.69) is 0 Å². The maximum Gasteiger partial charge on any atom is 0.225 e. The minimum Gasteiger partial charge on any atom is -0.493 e. The third-order valence-corrected chi connectivity index (χ3v) is 2.29. The summed E-state index contributed by atoms with van der Waals surface area (Å²) in [5, 5.41) is 0. The van der Waals surface area contributed by atoms with E-state index in [-0.39, 0.29) is 16.9 Å². The fraction of sp³-hybridized carbons (Fsp3) is 0.167. The maximum atomic E-state index is 13.2. The Morgan fingerprint density at radius 2 is 2.06 bits per heavy atom. The number of fused-ring (bicyclic) bond motifs is 1. The lowest BCUT2D eigenvalue weighted by Gasteiger charge is -2.14. The molecule has 0 saturated carbocycles. The second kappa shape index (κ2) is 3.89. The Kier molecular flexibility index (Phi) is 2.56. The van der Waals surface area contributed by atoms with Gasteiger partial charge in [0.05, 0.1) is 12.2 Å². The molecule has 0 N–H and O–H groups in total. The van der Waals surface area contributed by atoms with Crippen molar-refractivity contribution in [1.29, 1.82) is 0 Å². The first-order valence-electron chi connectivity index (χ1n) is 4.87. The first-order valence-corrected chi connectivity index (χ1v) is 4.87. The summed E-state index contributed by atoms with van der Waals surface area (Å²) in [6, 6.07) is 4.64. The van der Waals surface area contributed by atoms with Crippen molar-refractivity contribution in [1.82, 2.24) is 0 Å². The molecule has 1 aliphatic rings. The van der Waals surface area contributed by atoms with Crippen LogP contribution in [-0.4, -0.2) is 18.2 Å². The molecule has 0 aromatic heterocycles. The average Bonchev–Trinajstić information content (AvgIpc) is 2.26. The van der Waals surface area contributed by atoms with Crippen LogP contribution in [0.5, 0.6) is 5.75 Å². The zero-order valence-electron chi connectivity index (χ0n) is 8.62. The quantitative estimate of drug-likeness (QED) is 0.768. The van der Waals surface area contributed by atoms with Crippen molar-refractivity contribution in [2.45, 2.75) is 6.92 Å². The Morgan fingerprint density at radius 3 is 2.75 bits per heavy atom. The number of rotatable bonds is 2. The molecule has 0 amide bonds. The molecule has 4 heteroatoms. The van der Waals surface area contributed by atoms with E-state index in [0.717, 1.165) is 0 Å². The van der Waals surface area contributed by atoms with E-state index in [4.69, 9.17) is 4.74 Å². The van der Waals surface area contributed by atoms with Crippen molar-refractivity contribution in [3.8, 4) is 5.75 Å². The van der Waals surface area contributed by atoms with Gasteiger partial charge < -0.3 is 4.74 Å². The minimum absolute atomic E-state index is 0.0225. The van der Waals surface area contributed by atoms with Crippen LogP contribution >= 0.6 is 0 Å². The second-order valence-electron chi connectivity index (χ2n) is 3.30. The highest BCUT2D eigenvalue weighted by atomic mass is 19.1. The molecule has 82 valence electrons. The molecule has 3 nitrogen and oxygen atoms in total. The van der Waals surface area contributed by atoms with Gasteiger partial charge in [-0.15, -0.1) is 0 Å². The Hall–Kier alpha value is -1.97. The molecule has 0 radical (unpaired) electrons. The highest BCUT2D eigenvalue weighted by Gasteiger charge is 2.28. The van der Waals surface area contributed by atoms with Gasteiger partial charge in [-0.25, -0.2) is 4.39 Å². The van der Waals surface area contributed by atoms with E-state index in [1.54, 1.807) is 19.1 Å². The van der Waals surface area contributed by atoms with E-state index in [1.165, 1.54) is 6.07 Å². The van der Waals surface area contributed by atoms with Crippen LogP contribution in [0.3, 0.4) is 0 Å². The van der Waals surface area contributed by atoms with Crippen molar-refractivity contribution in [2.24, 2.45) is 0 Å². The molecule has 0 fully saturated rings. The Labute approximate surface area is 91.5 Å². The average molecular weight is 220 g/mol. The van der Waals surface area contributed by atoms with Crippen molar-refractivity contribution < 1.29 is 18.7 Å². The van der Waals surface area contributed by atoms with E-state index in [9.17, 15) is 14.0 Å². The normalized spacial score (nSPS) is 14.5. The predicted octanol–water partition coefficient (Wildman–Crippen LogP) is 2.32. The van der Waals surface area contributed by atoms with Gasteiger partial charge in [-0.3, -0.25) is 9.59 Å². The highest BCUT2D eigenvalue weighted by molar-refractivity contribution is 6.24. The van der Waals surface area contributed by atoms with Gasteiger partial charge >= 0.3 is 0 Å². The number of ketones is 2. The number of allylic oxidation sites excluding steroid dienone is 2. The lowest BCUT2D eigenvalue weighted by atomic mass is 9.93. The molecule has 0 unspecified atom stereocenters. The predicted molar refractivity (Wildman–Crippen MR) is 55.5 cm³/mol. The molecular formula is C12H9FO3. The van der Waals surface area contributed by atoms with Crippen molar-refractivity contribution in [2.75, 3.05) is 6.61 Å². The molecule has 0 saturated heterocycles. The fourth-order valence-corrected chi connectivity index (χ4v) is 1.62. The molecule has 0 atom stereocenters. The Morgan fingerprint density at radius 1 is 1.31 bits per heavy atom. The smallest absolute Gasteiger partial charge is 0.225 e. The molecule has 0 aliphatic heterocycles. The van der Waals surface area contributed by atoms with Crippen LogP contribution in [0.1, 0.15) is 27.6 Å². The summed E-state index contributed by atoms with van der Waals surface area (Å²) < 4.78 is 18.4. The standard InChI is InChI=1S/C12H9FO3/c1-2-16-10-5-3-4-7-9(14)6-8(13)12(15)11(7)10/h3-6H,2H2,1H3. The summed E-state index contributed by atoms with van der Waals surface area (Å²) in [6.45, 7) is 2.10. The minimum atomic E-state index is -1.04. The first-order chi connectivity index (χ1) is 7.65. The second-order valence-corrected chi connectivity index (χ2v) is 3.30. The number of benzene rings is 1. The van der Waals surface area contributed by atoms with Crippen LogP contribution in [0.2, 0.25) is 0 Å². The molecule has 16 heavy (non-hydrogen) atoms. The van der Waals surface area contributed by atoms with Crippen molar-refractivity contribution >= 4 is 11.6 Å². The lowest BCUT2D eigenvalue weighted by molar-refractivity contribution is 0.0959. The van der Waals surface area contributed by atoms with Crippen LogP contribution in [0.4, 0.5) is 4.39 Å². The third kappa shape index (κ3) is 1.52. The molecule has 1 aromatic carbocycles. The summed E-state index contributed by atoms with van der Waals surface area (Å²) >= 11 is 0. The molecule has 2 rings (SSSR count). The van der Waals surface area contributed by atoms with Gasteiger partial charge in [0.15, 0.2) is 11.6 Å². The molecule has 0 bridgehead atoms. The first kappa shape index (κ1) is 10.5. The van der Waals surface area contributed by atoms with Crippen LogP contribution in [0, 0.1) is 0 Å². The third-order valence-electron chi connectivity index (χ3n) is 2.29. The molecule has 1 aromatic rings. The summed E-state index contributed by atoms with van der Waals surface area (Å²) in [7, 11) is 0. The zero-order chi connectivity index (χ0) is 11.7. The summed E-state index contributed by atoms with van der Waals surface area (Å²) in [6.07, 6.45) is 0.709. The van der Waals surface area contributed by atoms with Crippen LogP contribution < -0.4 is 4.74 Å². The largest absolute Gasteiger partial charge is 0.493 e. The molecular weight excluding hydrogens is 211 g/mol. The van der Waals surface area contributed by atoms with Crippen LogP contribution in [0.25, 0.3) is 0 Å². The van der Waals surface area contributed by atoms with Crippen molar-refractivity contribution in [3.05, 3.63) is 41.2 Å². The number of carbonyl (C=O) groups is 2. The summed E-state index contributed by atoms with van der Waals surface area (Å²) in [5.41, 5.74) is 0.215. The number of halogens is 1. The van der Waals surface area contributed by atoms with Gasteiger partial charge in [0.25, 0.3) is 0 Å².